The van der Waals surface area contributed by atoms with E-state index in [1.54, 1.807) is 0 Å². The summed E-state index contributed by atoms with van der Waals surface area (Å²) in [7, 11) is 0. The molecule has 0 amide bonds. The van der Waals surface area contributed by atoms with Crippen molar-refractivity contribution >= 4 is 11.9 Å². The summed E-state index contributed by atoms with van der Waals surface area (Å²) in [4.78, 5) is 25.6. The molecule has 0 aromatic heterocycles. The summed E-state index contributed by atoms with van der Waals surface area (Å²) in [6, 6.07) is 0. The molecule has 5 nitrogen and oxygen atoms in total. The zero-order valence-electron chi connectivity index (χ0n) is 48.5. The molecular formula is C67H122O5. The molecule has 0 aromatic rings. The number of rotatable bonds is 59. The number of carbonyl (C=O) groups is 2. The molecule has 0 N–H and O–H groups in total. The number of ether oxygens (including phenoxy) is 3. The molecule has 0 aliphatic rings. The predicted octanol–water partition coefficient (Wildman–Crippen LogP) is 22.0. The van der Waals surface area contributed by atoms with Gasteiger partial charge in [0.2, 0.25) is 0 Å². The lowest BCUT2D eigenvalue weighted by Crippen LogP contribution is -2.30. The second-order valence-corrected chi connectivity index (χ2v) is 21.3. The van der Waals surface area contributed by atoms with E-state index in [-0.39, 0.29) is 25.2 Å². The molecule has 0 spiro atoms. The molecule has 0 heterocycles. The van der Waals surface area contributed by atoms with Crippen molar-refractivity contribution in [2.75, 3.05) is 19.8 Å². The van der Waals surface area contributed by atoms with Crippen molar-refractivity contribution in [3.8, 4) is 0 Å². The zero-order valence-corrected chi connectivity index (χ0v) is 48.5. The lowest BCUT2D eigenvalue weighted by Gasteiger charge is -2.18. The molecule has 420 valence electrons. The molecule has 0 rings (SSSR count). The van der Waals surface area contributed by atoms with Gasteiger partial charge < -0.3 is 14.2 Å². The lowest BCUT2D eigenvalue weighted by molar-refractivity contribution is -0.163. The van der Waals surface area contributed by atoms with Gasteiger partial charge in [0.1, 0.15) is 6.61 Å². The Labute approximate surface area is 449 Å². The maximum atomic E-state index is 12.9. The smallest absolute Gasteiger partial charge is 0.306 e. The first kappa shape index (κ1) is 69.6. The van der Waals surface area contributed by atoms with Crippen LogP contribution in [0.2, 0.25) is 0 Å². The first-order chi connectivity index (χ1) is 35.6. The van der Waals surface area contributed by atoms with E-state index < -0.39 is 6.10 Å². The van der Waals surface area contributed by atoms with Gasteiger partial charge in [-0.2, -0.15) is 0 Å². The van der Waals surface area contributed by atoms with Crippen LogP contribution in [-0.2, 0) is 23.8 Å². The maximum absolute atomic E-state index is 12.9. The van der Waals surface area contributed by atoms with Crippen LogP contribution < -0.4 is 0 Å². The molecule has 0 saturated carbocycles. The van der Waals surface area contributed by atoms with Crippen LogP contribution in [-0.4, -0.2) is 37.9 Å². The van der Waals surface area contributed by atoms with E-state index in [1.165, 1.54) is 225 Å². The zero-order chi connectivity index (χ0) is 52.0. The topological polar surface area (TPSA) is 61.8 Å². The van der Waals surface area contributed by atoms with Gasteiger partial charge in [-0.1, -0.05) is 287 Å². The van der Waals surface area contributed by atoms with Crippen molar-refractivity contribution < 1.29 is 23.8 Å². The Morgan fingerprint density at radius 3 is 0.986 bits per heavy atom. The van der Waals surface area contributed by atoms with Crippen molar-refractivity contribution in [2.45, 2.75) is 335 Å². The minimum Gasteiger partial charge on any atom is -0.462 e. The van der Waals surface area contributed by atoms with E-state index in [4.69, 9.17) is 14.2 Å². The van der Waals surface area contributed by atoms with Crippen molar-refractivity contribution in [2.24, 2.45) is 0 Å². The molecule has 0 unspecified atom stereocenters. The Hall–Kier alpha value is -2.40. The lowest BCUT2D eigenvalue weighted by atomic mass is 10.0. The van der Waals surface area contributed by atoms with Gasteiger partial charge in [-0.15, -0.1) is 0 Å². The highest BCUT2D eigenvalue weighted by Gasteiger charge is 2.17. The van der Waals surface area contributed by atoms with Crippen molar-refractivity contribution in [1.82, 2.24) is 0 Å². The highest BCUT2D eigenvalue weighted by molar-refractivity contribution is 5.70. The summed E-state index contributed by atoms with van der Waals surface area (Å²) in [5.41, 5.74) is 0. The Bertz CT molecular complexity index is 1230. The number of esters is 2. The molecule has 0 fully saturated rings. The minimum atomic E-state index is -0.553. The molecule has 0 aromatic carbocycles. The first-order valence-corrected chi connectivity index (χ1v) is 31.8. The first-order valence-electron chi connectivity index (χ1n) is 31.8. The minimum absolute atomic E-state index is 0.0750. The molecular weight excluding hydrogens is 885 g/mol. The number of allylic oxidation sites excluding steroid dienone is 10. The van der Waals surface area contributed by atoms with Gasteiger partial charge in [-0.25, -0.2) is 0 Å². The standard InChI is InChI=1S/C67H122O5/c1-4-7-10-13-16-19-22-25-28-31-33-34-36-37-39-42-45-48-51-54-57-60-66(68)71-64-65(63-70-62-59-56-53-50-47-44-41-30-27-24-21-18-15-12-9-6-3)72-67(69)61-58-55-52-49-46-43-40-38-35-32-29-26-23-20-17-14-11-8-5-2/h17,20,25-26,28-29,35,38,43,46,65H,4-16,18-19,21-24,27,30-34,36-37,39-42,44-45,47-64H2,1-3H3/b20-17-,28-25-,29-26-,38-35-,46-43-/t65-/m1/s1. The van der Waals surface area contributed by atoms with Crippen LogP contribution in [0.5, 0.6) is 0 Å². The number of hydrogen-bond acceptors (Lipinski definition) is 5. The SMILES string of the molecule is CCCCC/C=C\C/C=C\C/C=C\C/C=C\CCCCCC(=O)O[C@H](COCCCCCCCCCCCCCCCCCC)COC(=O)CCCCCCCCCCCCC/C=C\CCCCCCCC. The number of unbranched alkanes of at least 4 members (excludes halogenated alkanes) is 38. The van der Waals surface area contributed by atoms with E-state index in [1.807, 2.05) is 0 Å². The van der Waals surface area contributed by atoms with Crippen molar-refractivity contribution in [3.63, 3.8) is 0 Å². The van der Waals surface area contributed by atoms with Gasteiger partial charge in [-0.05, 0) is 89.9 Å². The van der Waals surface area contributed by atoms with Crippen LogP contribution in [0.1, 0.15) is 329 Å². The predicted molar refractivity (Wildman–Crippen MR) is 316 cm³/mol. The van der Waals surface area contributed by atoms with Gasteiger partial charge in [0.15, 0.2) is 6.10 Å². The fraction of sp³-hybridized carbons (Fsp3) is 0.821. The molecule has 0 aliphatic heterocycles. The molecule has 1 atom stereocenters. The Kier molecular flexibility index (Phi) is 60.8. The number of hydrogen-bond donors (Lipinski definition) is 0. The summed E-state index contributed by atoms with van der Waals surface area (Å²) in [5.74, 6) is -0.416. The van der Waals surface area contributed by atoms with Gasteiger partial charge in [0, 0.05) is 19.4 Å². The molecule has 0 bridgehead atoms. The van der Waals surface area contributed by atoms with Crippen LogP contribution in [0, 0.1) is 0 Å². The Morgan fingerprint density at radius 1 is 0.306 bits per heavy atom. The summed E-state index contributed by atoms with van der Waals surface area (Å²) in [5, 5.41) is 0. The van der Waals surface area contributed by atoms with E-state index in [0.29, 0.717) is 19.4 Å². The van der Waals surface area contributed by atoms with E-state index in [9.17, 15) is 9.59 Å². The summed E-state index contributed by atoms with van der Waals surface area (Å²) in [6.45, 7) is 7.82. The quantitative estimate of drug-likeness (QED) is 0.0345. The fourth-order valence-corrected chi connectivity index (χ4v) is 9.26. The van der Waals surface area contributed by atoms with Gasteiger partial charge >= 0.3 is 11.9 Å². The average Bonchev–Trinajstić information content (AvgIpc) is 3.38. The van der Waals surface area contributed by atoms with Gasteiger partial charge in [0.25, 0.3) is 0 Å². The third kappa shape index (κ3) is 60.2. The highest BCUT2D eigenvalue weighted by atomic mass is 16.6. The van der Waals surface area contributed by atoms with Gasteiger partial charge in [-0.3, -0.25) is 9.59 Å². The summed E-state index contributed by atoms with van der Waals surface area (Å²) >= 11 is 0. The van der Waals surface area contributed by atoms with E-state index >= 15 is 0 Å². The van der Waals surface area contributed by atoms with E-state index in [0.717, 1.165) is 70.6 Å². The second kappa shape index (κ2) is 62.9. The molecule has 0 aliphatic carbocycles. The normalized spacial score (nSPS) is 12.5. The molecule has 72 heavy (non-hydrogen) atoms. The van der Waals surface area contributed by atoms with Crippen LogP contribution in [0.3, 0.4) is 0 Å². The van der Waals surface area contributed by atoms with Crippen LogP contribution in [0.25, 0.3) is 0 Å². The summed E-state index contributed by atoms with van der Waals surface area (Å²) in [6.07, 6.45) is 81.1. The Balaban J connectivity index is 4.29. The van der Waals surface area contributed by atoms with Crippen LogP contribution in [0.15, 0.2) is 60.8 Å². The van der Waals surface area contributed by atoms with Crippen LogP contribution in [0.4, 0.5) is 0 Å². The fourth-order valence-electron chi connectivity index (χ4n) is 9.26. The van der Waals surface area contributed by atoms with Crippen molar-refractivity contribution in [1.29, 1.82) is 0 Å². The second-order valence-electron chi connectivity index (χ2n) is 21.3. The molecule has 0 radical (unpaired) electrons. The third-order valence-electron chi connectivity index (χ3n) is 14.0. The average molecular weight is 1010 g/mol. The molecule has 5 heteroatoms. The number of carbonyl (C=O) groups excluding carboxylic acids is 2. The Morgan fingerprint density at radius 2 is 0.583 bits per heavy atom. The van der Waals surface area contributed by atoms with Gasteiger partial charge in [0.05, 0.1) is 6.61 Å². The largest absolute Gasteiger partial charge is 0.462 e. The summed E-state index contributed by atoms with van der Waals surface area (Å²) < 4.78 is 17.5. The van der Waals surface area contributed by atoms with E-state index in [2.05, 4.69) is 81.5 Å². The monoisotopic (exact) mass is 1010 g/mol. The van der Waals surface area contributed by atoms with Crippen molar-refractivity contribution in [3.05, 3.63) is 60.8 Å². The van der Waals surface area contributed by atoms with Crippen LogP contribution >= 0.6 is 0 Å². The highest BCUT2D eigenvalue weighted by Crippen LogP contribution is 2.16. The third-order valence-corrected chi connectivity index (χ3v) is 14.0. The maximum Gasteiger partial charge on any atom is 0.306 e. The molecule has 0 saturated heterocycles.